The molecule has 1 aromatic heterocycles. The molecule has 0 atom stereocenters. The molecule has 0 spiro atoms. The number of nitrogens with one attached hydrogen (secondary N) is 1. The van der Waals surface area contributed by atoms with Gasteiger partial charge < -0.3 is 19.9 Å². The molecule has 144 valence electrons. The fourth-order valence-electron chi connectivity index (χ4n) is 3.19. The summed E-state index contributed by atoms with van der Waals surface area (Å²) in [6.45, 7) is 8.08. The van der Waals surface area contributed by atoms with Gasteiger partial charge in [-0.25, -0.2) is 9.98 Å². The summed E-state index contributed by atoms with van der Waals surface area (Å²) in [5.41, 5.74) is 2.39. The van der Waals surface area contributed by atoms with E-state index in [1.54, 1.807) is 7.11 Å². The summed E-state index contributed by atoms with van der Waals surface area (Å²) in [5, 5.41) is 3.43. The summed E-state index contributed by atoms with van der Waals surface area (Å²) >= 11 is 0. The molecule has 0 saturated carbocycles. The Labute approximate surface area is 161 Å². The molecule has 0 radical (unpaired) electrons. The number of benzene rings is 1. The number of hydrogen-bond donors (Lipinski definition) is 1. The van der Waals surface area contributed by atoms with Crippen LogP contribution >= 0.6 is 0 Å². The third kappa shape index (κ3) is 5.44. The number of aromatic nitrogens is 1. The van der Waals surface area contributed by atoms with Crippen molar-refractivity contribution >= 4 is 11.8 Å². The Morgan fingerprint density at radius 2 is 1.81 bits per heavy atom. The number of rotatable bonds is 6. The SMILES string of the molecule is CCNC(=NCc1ccc(COC)cc1)N1CCN(c2ccccn2)CC1. The average Bonchev–Trinajstić information content (AvgIpc) is 2.73. The number of pyridine rings is 1. The van der Waals surface area contributed by atoms with Crippen molar-refractivity contribution < 1.29 is 4.74 Å². The lowest BCUT2D eigenvalue weighted by Gasteiger charge is -2.37. The van der Waals surface area contributed by atoms with Gasteiger partial charge in [-0.05, 0) is 30.2 Å². The highest BCUT2D eigenvalue weighted by Gasteiger charge is 2.20. The third-order valence-corrected chi connectivity index (χ3v) is 4.63. The first-order chi connectivity index (χ1) is 13.3. The maximum atomic E-state index is 5.17. The van der Waals surface area contributed by atoms with Gasteiger partial charge in [-0.15, -0.1) is 0 Å². The largest absolute Gasteiger partial charge is 0.380 e. The standard InChI is InChI=1S/C21H29N5O/c1-3-22-21(24-16-18-7-9-19(10-8-18)17-27-2)26-14-12-25(13-15-26)20-6-4-5-11-23-20/h4-11H,3,12-17H2,1-2H3,(H,22,24). The van der Waals surface area contributed by atoms with Crippen LogP contribution in [-0.4, -0.2) is 55.7 Å². The number of piperazine rings is 1. The lowest BCUT2D eigenvalue weighted by atomic mass is 10.1. The van der Waals surface area contributed by atoms with Crippen molar-refractivity contribution in [3.05, 3.63) is 59.8 Å². The van der Waals surface area contributed by atoms with Crippen LogP contribution in [0.4, 0.5) is 5.82 Å². The van der Waals surface area contributed by atoms with E-state index in [9.17, 15) is 0 Å². The normalized spacial score (nSPS) is 15.1. The summed E-state index contributed by atoms with van der Waals surface area (Å²) in [7, 11) is 1.72. The first-order valence-electron chi connectivity index (χ1n) is 9.56. The lowest BCUT2D eigenvalue weighted by molar-refractivity contribution is 0.185. The van der Waals surface area contributed by atoms with Crippen LogP contribution in [-0.2, 0) is 17.9 Å². The minimum atomic E-state index is 0.646. The van der Waals surface area contributed by atoms with E-state index < -0.39 is 0 Å². The Morgan fingerprint density at radius 3 is 2.44 bits per heavy atom. The van der Waals surface area contributed by atoms with Crippen LogP contribution in [0.25, 0.3) is 0 Å². The summed E-state index contributed by atoms with van der Waals surface area (Å²) in [4.78, 5) is 14.0. The fraction of sp³-hybridized carbons (Fsp3) is 0.429. The van der Waals surface area contributed by atoms with Crippen LogP contribution in [0.2, 0.25) is 0 Å². The molecular weight excluding hydrogens is 338 g/mol. The second kappa shape index (κ2) is 9.92. The highest BCUT2D eigenvalue weighted by molar-refractivity contribution is 5.80. The molecule has 1 fully saturated rings. The maximum Gasteiger partial charge on any atom is 0.194 e. The van der Waals surface area contributed by atoms with E-state index in [-0.39, 0.29) is 0 Å². The van der Waals surface area contributed by atoms with Crippen molar-refractivity contribution in [3.63, 3.8) is 0 Å². The zero-order valence-corrected chi connectivity index (χ0v) is 16.3. The van der Waals surface area contributed by atoms with Gasteiger partial charge in [0, 0.05) is 46.0 Å². The maximum absolute atomic E-state index is 5.17. The monoisotopic (exact) mass is 367 g/mol. The smallest absolute Gasteiger partial charge is 0.194 e. The second-order valence-corrected chi connectivity index (χ2v) is 6.58. The molecule has 0 unspecified atom stereocenters. The van der Waals surface area contributed by atoms with E-state index >= 15 is 0 Å². The summed E-state index contributed by atoms with van der Waals surface area (Å²) in [5.74, 6) is 2.04. The fourth-order valence-corrected chi connectivity index (χ4v) is 3.19. The molecule has 0 bridgehead atoms. The van der Waals surface area contributed by atoms with Gasteiger partial charge in [-0.1, -0.05) is 30.3 Å². The minimum absolute atomic E-state index is 0.646. The van der Waals surface area contributed by atoms with Crippen molar-refractivity contribution in [2.45, 2.75) is 20.1 Å². The average molecular weight is 367 g/mol. The molecule has 1 N–H and O–H groups in total. The van der Waals surface area contributed by atoms with E-state index in [2.05, 4.69) is 57.4 Å². The van der Waals surface area contributed by atoms with Crippen molar-refractivity contribution in [1.29, 1.82) is 0 Å². The third-order valence-electron chi connectivity index (χ3n) is 4.63. The minimum Gasteiger partial charge on any atom is -0.380 e. The molecule has 27 heavy (non-hydrogen) atoms. The number of nitrogens with zero attached hydrogens (tertiary/aromatic N) is 4. The Bertz CT molecular complexity index is 709. The summed E-state index contributed by atoms with van der Waals surface area (Å²) in [6.07, 6.45) is 1.85. The Kier molecular flexibility index (Phi) is 7.04. The van der Waals surface area contributed by atoms with E-state index in [0.29, 0.717) is 13.2 Å². The number of anilines is 1. The molecule has 3 rings (SSSR count). The highest BCUT2D eigenvalue weighted by atomic mass is 16.5. The molecule has 0 aliphatic carbocycles. The number of guanidine groups is 1. The van der Waals surface area contributed by atoms with Crippen molar-refractivity contribution in [2.24, 2.45) is 4.99 Å². The van der Waals surface area contributed by atoms with Crippen LogP contribution in [0.3, 0.4) is 0 Å². The molecule has 1 aliphatic heterocycles. The van der Waals surface area contributed by atoms with Crippen molar-refractivity contribution in [3.8, 4) is 0 Å². The number of methoxy groups -OCH3 is 1. The van der Waals surface area contributed by atoms with Crippen molar-refractivity contribution in [1.82, 2.24) is 15.2 Å². The van der Waals surface area contributed by atoms with Crippen LogP contribution in [0.15, 0.2) is 53.7 Å². The van der Waals surface area contributed by atoms with E-state index in [1.807, 2.05) is 18.3 Å². The predicted octanol–water partition coefficient (Wildman–Crippen LogP) is 2.52. The van der Waals surface area contributed by atoms with Gasteiger partial charge in [-0.2, -0.15) is 0 Å². The van der Waals surface area contributed by atoms with Gasteiger partial charge >= 0.3 is 0 Å². The zero-order chi connectivity index (χ0) is 18.9. The van der Waals surface area contributed by atoms with E-state index in [1.165, 1.54) is 11.1 Å². The number of hydrogen-bond acceptors (Lipinski definition) is 4. The molecule has 0 amide bonds. The Balaban J connectivity index is 1.59. The molecule has 1 saturated heterocycles. The van der Waals surface area contributed by atoms with Gasteiger partial charge in [0.2, 0.25) is 0 Å². The lowest BCUT2D eigenvalue weighted by Crippen LogP contribution is -2.52. The molecule has 6 nitrogen and oxygen atoms in total. The van der Waals surface area contributed by atoms with Gasteiger partial charge in [-0.3, -0.25) is 0 Å². The van der Waals surface area contributed by atoms with Crippen LogP contribution < -0.4 is 10.2 Å². The molecule has 6 heteroatoms. The van der Waals surface area contributed by atoms with Gasteiger partial charge in [0.05, 0.1) is 13.2 Å². The number of ether oxygens (including phenoxy) is 1. The second-order valence-electron chi connectivity index (χ2n) is 6.58. The van der Waals surface area contributed by atoms with Gasteiger partial charge in [0.1, 0.15) is 5.82 Å². The number of aliphatic imine (C=N–C) groups is 1. The molecule has 2 heterocycles. The topological polar surface area (TPSA) is 53.0 Å². The van der Waals surface area contributed by atoms with E-state index in [0.717, 1.165) is 44.5 Å². The Hall–Kier alpha value is -2.60. The van der Waals surface area contributed by atoms with Gasteiger partial charge in [0.15, 0.2) is 5.96 Å². The summed E-state index contributed by atoms with van der Waals surface area (Å²) in [6, 6.07) is 14.5. The first kappa shape index (κ1) is 19.2. The molecule has 1 aliphatic rings. The van der Waals surface area contributed by atoms with Crippen LogP contribution in [0, 0.1) is 0 Å². The van der Waals surface area contributed by atoms with E-state index in [4.69, 9.17) is 9.73 Å². The molecular formula is C21H29N5O. The summed E-state index contributed by atoms with van der Waals surface area (Å²) < 4.78 is 5.17. The zero-order valence-electron chi connectivity index (χ0n) is 16.3. The Morgan fingerprint density at radius 1 is 1.07 bits per heavy atom. The van der Waals surface area contributed by atoms with Crippen LogP contribution in [0.5, 0.6) is 0 Å². The van der Waals surface area contributed by atoms with Crippen LogP contribution in [0.1, 0.15) is 18.1 Å². The molecule has 1 aromatic carbocycles. The van der Waals surface area contributed by atoms with Gasteiger partial charge in [0.25, 0.3) is 0 Å². The quantitative estimate of drug-likeness (QED) is 0.628. The first-order valence-corrected chi connectivity index (χ1v) is 9.56. The predicted molar refractivity (Wildman–Crippen MR) is 110 cm³/mol. The highest BCUT2D eigenvalue weighted by Crippen LogP contribution is 2.13. The van der Waals surface area contributed by atoms with Crippen molar-refractivity contribution in [2.75, 3.05) is 44.7 Å². The molecule has 2 aromatic rings.